The number of amides is 3. The fourth-order valence-electron chi connectivity index (χ4n) is 7.73. The molecule has 4 aliphatic rings. The molecule has 3 amide bonds. The number of carbonyl (C=O) groups excluding carboxylic acids is 3. The molecule has 0 bridgehead atoms. The molecule has 0 aromatic carbocycles. The summed E-state index contributed by atoms with van der Waals surface area (Å²) < 4.78 is 45.6. The molecule has 4 heterocycles. The lowest BCUT2D eigenvalue weighted by Crippen LogP contribution is -2.70. The van der Waals surface area contributed by atoms with Crippen molar-refractivity contribution in [3.63, 3.8) is 0 Å². The average Bonchev–Trinajstić information content (AvgIpc) is 3.26. The lowest BCUT2D eigenvalue weighted by atomic mass is 9.94. The molecule has 24 atom stereocenters. The Morgan fingerprint density at radius 2 is 0.954 bits per heavy atom. The van der Waals surface area contributed by atoms with Crippen molar-refractivity contribution in [3.8, 4) is 0 Å². The summed E-state index contributed by atoms with van der Waals surface area (Å²) in [5.74, 6) is -2.27. The van der Waals surface area contributed by atoms with Crippen LogP contribution in [0.5, 0.6) is 0 Å². The van der Waals surface area contributed by atoms with Gasteiger partial charge in [0, 0.05) is 20.8 Å². The van der Waals surface area contributed by atoms with Crippen LogP contribution in [0.3, 0.4) is 0 Å². The van der Waals surface area contributed by atoms with E-state index in [1.165, 1.54) is 0 Å². The Kier molecular flexibility index (Phi) is 20.9. The molecule has 0 spiro atoms. The zero-order valence-corrected chi connectivity index (χ0v) is 35.3. The Bertz CT molecular complexity index is 1510. The number of rotatable bonds is 20. The zero-order chi connectivity index (χ0) is 48.6. The van der Waals surface area contributed by atoms with E-state index in [2.05, 4.69) is 16.0 Å². The van der Waals surface area contributed by atoms with Crippen LogP contribution in [0.25, 0.3) is 0 Å². The molecule has 18 N–H and O–H groups in total. The summed E-state index contributed by atoms with van der Waals surface area (Å²) in [6.07, 6.45) is -39.2. The summed E-state index contributed by atoms with van der Waals surface area (Å²) in [4.78, 5) is 36.2. The van der Waals surface area contributed by atoms with Gasteiger partial charge in [0.25, 0.3) is 0 Å². The third kappa shape index (κ3) is 13.2. The third-order valence-corrected chi connectivity index (χ3v) is 11.2. The largest absolute Gasteiger partial charge is 0.394 e. The first-order chi connectivity index (χ1) is 30.6. The van der Waals surface area contributed by atoms with E-state index in [4.69, 9.17) is 37.9 Å². The van der Waals surface area contributed by atoms with Crippen LogP contribution in [0.4, 0.5) is 0 Å². The van der Waals surface area contributed by atoms with Crippen LogP contribution >= 0.6 is 0 Å². The monoisotopic (exact) mass is 953 g/mol. The summed E-state index contributed by atoms with van der Waals surface area (Å²) in [7, 11) is 0. The van der Waals surface area contributed by atoms with E-state index >= 15 is 0 Å². The second-order valence-corrected chi connectivity index (χ2v) is 16.0. The molecule has 65 heavy (non-hydrogen) atoms. The predicted molar refractivity (Wildman–Crippen MR) is 204 cm³/mol. The fraction of sp³-hybridized carbons (Fsp3) is 0.917. The molecule has 0 radical (unpaired) electrons. The quantitative estimate of drug-likeness (QED) is 0.0539. The van der Waals surface area contributed by atoms with Crippen molar-refractivity contribution in [2.24, 2.45) is 0 Å². The highest BCUT2D eigenvalue weighted by Crippen LogP contribution is 2.35. The van der Waals surface area contributed by atoms with Gasteiger partial charge in [-0.3, -0.25) is 14.4 Å². The molecule has 4 fully saturated rings. The SMILES string of the molecule is CC(=O)N[C@H]1[C@H](OC[C@@H](O)[C@H](O)[C@H](O)[C@H](CO)NC(C)=O)O[C@H](CO)[C@@H](O[C@@H]2O[C@H](CO)[C@H](O)[C@H](O[C@@H]3O[C@H](CO)[C@@H](O)[C@H](O[C@@H]4O[C@H](CO)[C@H](O)[C@H](O)[C@H]4O)[C@H]3NC(C)=O)[C@H]2O)[C@@H]1O. The van der Waals surface area contributed by atoms with Crippen LogP contribution < -0.4 is 16.0 Å². The highest BCUT2D eigenvalue weighted by molar-refractivity contribution is 5.74. The normalized spacial score (nSPS) is 42.0. The topological polar surface area (TPSA) is 465 Å². The van der Waals surface area contributed by atoms with Gasteiger partial charge in [-0.25, -0.2) is 0 Å². The fourth-order valence-corrected chi connectivity index (χ4v) is 7.73. The van der Waals surface area contributed by atoms with Crippen LogP contribution in [0.2, 0.25) is 0 Å². The number of hydrogen-bond acceptors (Lipinski definition) is 26. The first-order valence-electron chi connectivity index (χ1n) is 20.5. The summed E-state index contributed by atoms with van der Waals surface area (Å²) in [6.45, 7) is -2.36. The molecule has 4 aliphatic heterocycles. The molecule has 0 aromatic heterocycles. The molecule has 0 aliphatic carbocycles. The smallest absolute Gasteiger partial charge is 0.217 e. The number of aliphatic hydroxyl groups excluding tert-OH is 15. The Balaban J connectivity index is 1.57. The number of ether oxygens (including phenoxy) is 8. The second kappa shape index (κ2) is 24.7. The number of hydrogen-bond donors (Lipinski definition) is 18. The summed E-state index contributed by atoms with van der Waals surface area (Å²) in [5.41, 5.74) is 0. The molecule has 0 aromatic rings. The van der Waals surface area contributed by atoms with Gasteiger partial charge in [0.15, 0.2) is 25.2 Å². The van der Waals surface area contributed by atoms with Crippen molar-refractivity contribution >= 4 is 17.7 Å². The molecule has 378 valence electrons. The average molecular weight is 954 g/mol. The van der Waals surface area contributed by atoms with E-state index in [1.54, 1.807) is 0 Å². The highest BCUT2D eigenvalue weighted by atomic mass is 16.8. The first kappa shape index (κ1) is 55.1. The van der Waals surface area contributed by atoms with Gasteiger partial charge in [0.05, 0.1) is 45.7 Å². The molecule has 29 heteroatoms. The number of aliphatic hydroxyl groups is 15. The lowest BCUT2D eigenvalue weighted by Gasteiger charge is -2.50. The molecule has 4 saturated heterocycles. The van der Waals surface area contributed by atoms with E-state index < -0.39 is 204 Å². The maximum atomic E-state index is 12.5. The molecule has 0 saturated carbocycles. The maximum absolute atomic E-state index is 12.5. The van der Waals surface area contributed by atoms with E-state index in [-0.39, 0.29) is 0 Å². The van der Waals surface area contributed by atoms with E-state index in [0.717, 1.165) is 20.8 Å². The van der Waals surface area contributed by atoms with Gasteiger partial charge in [-0.1, -0.05) is 0 Å². The van der Waals surface area contributed by atoms with Crippen LogP contribution in [0, 0.1) is 0 Å². The molecule has 4 rings (SSSR count). The van der Waals surface area contributed by atoms with E-state index in [9.17, 15) is 91.0 Å². The standard InChI is InChI=1S/C36H63N3O26/c1-10(45)37-13(4-40)21(49)22(50)14(48)9-58-33-19(38-11(2)46)26(54)30(18(8-44)62-33)63-36-29(57)32(25(53)17(7-43)61-36)65-34-20(39-12(3)47)31(24(52)16(6-42)59-34)64-35-28(56)27(55)23(51)15(5-41)60-35/h13-36,40-44,48-57H,4-9H2,1-3H3,(H,37,45)(H,38,46)(H,39,47)/t13-,14+,15+,16+,17+,18+,19+,20+,21+,22-,23-,24+,25-,26+,27-,28+,29+,30+,31+,32-,33+,34-,35-,36-/m0/s1. The predicted octanol–water partition coefficient (Wildman–Crippen LogP) is -11.9. The van der Waals surface area contributed by atoms with Gasteiger partial charge in [-0.2, -0.15) is 0 Å². The van der Waals surface area contributed by atoms with Gasteiger partial charge in [-0.05, 0) is 0 Å². The third-order valence-electron chi connectivity index (χ3n) is 11.2. The Morgan fingerprint density at radius 3 is 1.48 bits per heavy atom. The van der Waals surface area contributed by atoms with Crippen molar-refractivity contribution in [3.05, 3.63) is 0 Å². The highest BCUT2D eigenvalue weighted by Gasteiger charge is 2.56. The van der Waals surface area contributed by atoms with Crippen molar-refractivity contribution < 1.29 is 129 Å². The number of nitrogens with one attached hydrogen (secondary N) is 3. The van der Waals surface area contributed by atoms with Crippen LogP contribution in [0.15, 0.2) is 0 Å². The van der Waals surface area contributed by atoms with Crippen LogP contribution in [-0.4, -0.2) is 281 Å². The van der Waals surface area contributed by atoms with Gasteiger partial charge in [0.1, 0.15) is 116 Å². The second-order valence-electron chi connectivity index (χ2n) is 16.0. The molecular formula is C36H63N3O26. The van der Waals surface area contributed by atoms with Gasteiger partial charge < -0.3 is 130 Å². The Hall–Kier alpha value is -2.51. The summed E-state index contributed by atoms with van der Waals surface area (Å²) in [6, 6.07) is -4.72. The maximum Gasteiger partial charge on any atom is 0.217 e. The Labute approximate surface area is 369 Å². The van der Waals surface area contributed by atoms with Gasteiger partial charge in [-0.15, -0.1) is 0 Å². The first-order valence-corrected chi connectivity index (χ1v) is 20.5. The van der Waals surface area contributed by atoms with Crippen LogP contribution in [0.1, 0.15) is 20.8 Å². The molecular weight excluding hydrogens is 890 g/mol. The lowest BCUT2D eigenvalue weighted by molar-refractivity contribution is -0.377. The van der Waals surface area contributed by atoms with Gasteiger partial charge >= 0.3 is 0 Å². The summed E-state index contributed by atoms with van der Waals surface area (Å²) >= 11 is 0. The number of carbonyl (C=O) groups is 3. The van der Waals surface area contributed by atoms with Crippen molar-refractivity contribution in [2.75, 3.05) is 39.6 Å². The molecule has 0 unspecified atom stereocenters. The van der Waals surface area contributed by atoms with E-state index in [0.29, 0.717) is 0 Å². The van der Waals surface area contributed by atoms with Crippen molar-refractivity contribution in [2.45, 2.75) is 168 Å². The minimum Gasteiger partial charge on any atom is -0.394 e. The van der Waals surface area contributed by atoms with Gasteiger partial charge in [0.2, 0.25) is 17.7 Å². The van der Waals surface area contributed by atoms with E-state index in [1.807, 2.05) is 0 Å². The van der Waals surface area contributed by atoms with Crippen molar-refractivity contribution in [1.82, 2.24) is 16.0 Å². The van der Waals surface area contributed by atoms with Crippen LogP contribution in [-0.2, 0) is 52.3 Å². The minimum absolute atomic E-state index is 0.671. The zero-order valence-electron chi connectivity index (χ0n) is 35.3. The molecule has 29 nitrogen and oxygen atoms in total. The Morgan fingerprint density at radius 1 is 0.492 bits per heavy atom. The van der Waals surface area contributed by atoms with Crippen molar-refractivity contribution in [1.29, 1.82) is 0 Å². The summed E-state index contributed by atoms with van der Waals surface area (Å²) in [5, 5.41) is 165. The minimum atomic E-state index is -2.17.